The molecule has 0 spiro atoms. The number of tetrazole rings is 1. The number of halogens is 1. The fourth-order valence-corrected chi connectivity index (χ4v) is 4.35. The third-order valence-electron chi connectivity index (χ3n) is 5.48. The van der Waals surface area contributed by atoms with Crippen molar-refractivity contribution in [2.24, 2.45) is 0 Å². The smallest absolute Gasteiger partial charge is 0.250 e. The number of carbonyl (C=O) groups excluding carboxylic acids is 1. The van der Waals surface area contributed by atoms with Crippen molar-refractivity contribution >= 4 is 28.4 Å². The minimum atomic E-state index is -0.629. The number of aryl methyl sites for hydroxylation is 1. The molecule has 0 radical (unpaired) electrons. The zero-order valence-corrected chi connectivity index (χ0v) is 16.3. The van der Waals surface area contributed by atoms with Crippen LogP contribution >= 0.6 is 11.6 Å². The van der Waals surface area contributed by atoms with E-state index in [9.17, 15) is 4.79 Å². The Morgan fingerprint density at radius 1 is 1.24 bits per heavy atom. The molecule has 146 valence electrons. The molecule has 2 aromatic heterocycles. The van der Waals surface area contributed by atoms with Gasteiger partial charge in [-0.3, -0.25) is 4.79 Å². The van der Waals surface area contributed by atoms with Gasteiger partial charge >= 0.3 is 0 Å². The van der Waals surface area contributed by atoms with E-state index in [1.54, 1.807) is 0 Å². The SMILES string of the molecule is O=C(NC1CCCc2c1[nH]c1ccc(Cl)cc21)[C@H](c1ccccc1)n1cnnn1. The van der Waals surface area contributed by atoms with Crippen molar-refractivity contribution in [3.63, 3.8) is 0 Å². The molecule has 0 aliphatic heterocycles. The molecule has 4 aromatic rings. The molecule has 1 aliphatic rings. The highest BCUT2D eigenvalue weighted by molar-refractivity contribution is 6.31. The molecule has 1 aliphatic carbocycles. The van der Waals surface area contributed by atoms with Crippen LogP contribution in [0.15, 0.2) is 54.9 Å². The third-order valence-corrected chi connectivity index (χ3v) is 5.71. The first kappa shape index (κ1) is 17.9. The number of benzene rings is 2. The number of amides is 1. The van der Waals surface area contributed by atoms with Gasteiger partial charge in [0.2, 0.25) is 5.91 Å². The highest BCUT2D eigenvalue weighted by atomic mass is 35.5. The van der Waals surface area contributed by atoms with Crippen molar-refractivity contribution in [1.82, 2.24) is 30.5 Å². The molecule has 0 bridgehead atoms. The van der Waals surface area contributed by atoms with Crippen LogP contribution in [0.25, 0.3) is 10.9 Å². The highest BCUT2D eigenvalue weighted by Crippen LogP contribution is 2.36. The first-order chi connectivity index (χ1) is 14.2. The van der Waals surface area contributed by atoms with Gasteiger partial charge in [0, 0.05) is 21.6 Å². The van der Waals surface area contributed by atoms with Gasteiger partial charge in [-0.15, -0.1) is 5.10 Å². The summed E-state index contributed by atoms with van der Waals surface area (Å²) in [5.74, 6) is -0.141. The molecule has 2 N–H and O–H groups in total. The summed E-state index contributed by atoms with van der Waals surface area (Å²) in [6.07, 6.45) is 4.31. The molecule has 5 rings (SSSR count). The predicted molar refractivity (Wildman–Crippen MR) is 110 cm³/mol. The third kappa shape index (κ3) is 3.27. The number of carbonyl (C=O) groups is 1. The summed E-state index contributed by atoms with van der Waals surface area (Å²) in [7, 11) is 0. The van der Waals surface area contributed by atoms with Gasteiger partial charge in [-0.05, 0) is 59.0 Å². The number of hydrogen-bond donors (Lipinski definition) is 2. The summed E-state index contributed by atoms with van der Waals surface area (Å²) in [5.41, 5.74) is 4.17. The summed E-state index contributed by atoms with van der Waals surface area (Å²) in [4.78, 5) is 16.8. The molecule has 8 heteroatoms. The van der Waals surface area contributed by atoms with Crippen LogP contribution < -0.4 is 5.32 Å². The first-order valence-electron chi connectivity index (χ1n) is 9.58. The van der Waals surface area contributed by atoms with Crippen molar-refractivity contribution in [2.45, 2.75) is 31.3 Å². The molecule has 0 saturated heterocycles. The van der Waals surface area contributed by atoms with Crippen molar-refractivity contribution in [3.8, 4) is 0 Å². The van der Waals surface area contributed by atoms with E-state index < -0.39 is 6.04 Å². The second kappa shape index (κ2) is 7.33. The Balaban J connectivity index is 1.48. The van der Waals surface area contributed by atoms with E-state index in [2.05, 4.69) is 25.8 Å². The minimum Gasteiger partial charge on any atom is -0.356 e. The van der Waals surface area contributed by atoms with Gasteiger partial charge in [0.1, 0.15) is 6.33 Å². The van der Waals surface area contributed by atoms with Gasteiger partial charge in [0.25, 0.3) is 0 Å². The Morgan fingerprint density at radius 2 is 2.10 bits per heavy atom. The number of hydrogen-bond acceptors (Lipinski definition) is 4. The average Bonchev–Trinajstić information content (AvgIpc) is 3.38. The maximum Gasteiger partial charge on any atom is 0.250 e. The number of aromatic nitrogens is 5. The molecule has 2 aromatic carbocycles. The van der Waals surface area contributed by atoms with Crippen molar-refractivity contribution in [3.05, 3.63) is 76.7 Å². The van der Waals surface area contributed by atoms with Crippen molar-refractivity contribution in [1.29, 1.82) is 0 Å². The summed E-state index contributed by atoms with van der Waals surface area (Å²) >= 11 is 6.20. The highest BCUT2D eigenvalue weighted by Gasteiger charge is 2.30. The fraction of sp³-hybridized carbons (Fsp3) is 0.238. The summed E-state index contributed by atoms with van der Waals surface area (Å²) in [5, 5.41) is 16.4. The average molecular weight is 407 g/mol. The van der Waals surface area contributed by atoms with Crippen LogP contribution in [0.5, 0.6) is 0 Å². The molecule has 2 heterocycles. The van der Waals surface area contributed by atoms with Crippen LogP contribution in [0.1, 0.15) is 41.7 Å². The Kier molecular flexibility index (Phi) is 4.52. The van der Waals surface area contributed by atoms with E-state index in [0.29, 0.717) is 5.02 Å². The maximum absolute atomic E-state index is 13.3. The number of rotatable bonds is 4. The fourth-order valence-electron chi connectivity index (χ4n) is 4.18. The van der Waals surface area contributed by atoms with Crippen LogP contribution in [-0.4, -0.2) is 31.1 Å². The summed E-state index contributed by atoms with van der Waals surface area (Å²) < 4.78 is 1.49. The van der Waals surface area contributed by atoms with E-state index in [1.165, 1.54) is 16.6 Å². The molecule has 2 atom stereocenters. The molecular weight excluding hydrogens is 388 g/mol. The zero-order chi connectivity index (χ0) is 19.8. The molecule has 1 unspecified atom stereocenters. The Labute approximate surface area is 172 Å². The van der Waals surface area contributed by atoms with Crippen LogP contribution in [0.4, 0.5) is 0 Å². The molecule has 29 heavy (non-hydrogen) atoms. The van der Waals surface area contributed by atoms with Crippen LogP contribution in [0, 0.1) is 0 Å². The van der Waals surface area contributed by atoms with E-state index >= 15 is 0 Å². The largest absolute Gasteiger partial charge is 0.356 e. The van der Waals surface area contributed by atoms with Crippen molar-refractivity contribution < 1.29 is 4.79 Å². The van der Waals surface area contributed by atoms with Gasteiger partial charge in [-0.1, -0.05) is 41.9 Å². The number of fused-ring (bicyclic) bond motifs is 3. The second-order valence-corrected chi connectivity index (χ2v) is 7.70. The number of nitrogens with zero attached hydrogens (tertiary/aromatic N) is 4. The van der Waals surface area contributed by atoms with Gasteiger partial charge in [0.05, 0.1) is 6.04 Å². The summed E-state index contributed by atoms with van der Waals surface area (Å²) in [6, 6.07) is 14.7. The molecular formula is C21H19ClN6O. The topological polar surface area (TPSA) is 88.5 Å². The van der Waals surface area contributed by atoms with E-state index in [4.69, 9.17) is 11.6 Å². The Hall–Kier alpha value is -3.19. The van der Waals surface area contributed by atoms with Crippen LogP contribution in [0.3, 0.4) is 0 Å². The second-order valence-electron chi connectivity index (χ2n) is 7.26. The van der Waals surface area contributed by atoms with Crippen LogP contribution in [-0.2, 0) is 11.2 Å². The number of aromatic amines is 1. The molecule has 1 amide bonds. The molecule has 0 fully saturated rings. The Bertz CT molecular complexity index is 1150. The lowest BCUT2D eigenvalue weighted by Gasteiger charge is -2.26. The number of H-pyrrole nitrogens is 1. The normalized spacial score (nSPS) is 17.1. The molecule has 0 saturated carbocycles. The quantitative estimate of drug-likeness (QED) is 0.542. The van der Waals surface area contributed by atoms with E-state index in [1.807, 2.05) is 48.5 Å². The number of nitrogens with one attached hydrogen (secondary N) is 2. The van der Waals surface area contributed by atoms with E-state index in [0.717, 1.165) is 41.4 Å². The van der Waals surface area contributed by atoms with Gasteiger partial charge < -0.3 is 10.3 Å². The van der Waals surface area contributed by atoms with Crippen molar-refractivity contribution in [2.75, 3.05) is 0 Å². The van der Waals surface area contributed by atoms with Crippen LogP contribution in [0.2, 0.25) is 5.02 Å². The molecule has 7 nitrogen and oxygen atoms in total. The minimum absolute atomic E-state index is 0.0971. The maximum atomic E-state index is 13.3. The lowest BCUT2D eigenvalue weighted by Crippen LogP contribution is -2.37. The lowest BCUT2D eigenvalue weighted by atomic mass is 9.91. The standard InChI is InChI=1S/C21H19ClN6O/c22-14-9-10-17-16(11-14)15-7-4-8-18(19(15)24-17)25-21(29)20(28-12-23-26-27-28)13-5-2-1-3-6-13/h1-3,5-6,9-12,18,20,24H,4,7-8H2,(H,25,29)/t18?,20-/m0/s1. The zero-order valence-electron chi connectivity index (χ0n) is 15.5. The monoisotopic (exact) mass is 406 g/mol. The first-order valence-corrected chi connectivity index (χ1v) is 9.96. The van der Waals surface area contributed by atoms with Gasteiger partial charge in [0.15, 0.2) is 6.04 Å². The summed E-state index contributed by atoms with van der Waals surface area (Å²) in [6.45, 7) is 0. The van der Waals surface area contributed by atoms with Gasteiger partial charge in [-0.2, -0.15) is 0 Å². The van der Waals surface area contributed by atoms with E-state index in [-0.39, 0.29) is 11.9 Å². The lowest BCUT2D eigenvalue weighted by molar-refractivity contribution is -0.124. The Morgan fingerprint density at radius 3 is 2.90 bits per heavy atom. The van der Waals surface area contributed by atoms with Gasteiger partial charge in [-0.25, -0.2) is 4.68 Å². The predicted octanol–water partition coefficient (Wildman–Crippen LogP) is 3.59.